The van der Waals surface area contributed by atoms with Gasteiger partial charge < -0.3 is 38.8 Å². The van der Waals surface area contributed by atoms with E-state index < -0.39 is 41.4 Å². The van der Waals surface area contributed by atoms with Crippen molar-refractivity contribution in [2.75, 3.05) is 74.6 Å². The molecule has 3 aliphatic heterocycles. The number of ketones is 1. The predicted octanol–water partition coefficient (Wildman–Crippen LogP) is 2.90. The number of rotatable bonds is 11. The molecular weight excluding hydrogens is 640 g/mol. The van der Waals surface area contributed by atoms with Crippen LogP contribution in [0.2, 0.25) is 0 Å². The molecule has 1 N–H and O–H groups in total. The normalized spacial score (nSPS) is 36.8. The van der Waals surface area contributed by atoms with Crippen LogP contribution >= 0.6 is 0 Å². The summed E-state index contributed by atoms with van der Waals surface area (Å²) in [5.41, 5.74) is -2.42. The quantitative estimate of drug-likeness (QED) is 0.252. The van der Waals surface area contributed by atoms with Crippen molar-refractivity contribution < 1.29 is 38.4 Å². The zero-order chi connectivity index (χ0) is 37.1. The van der Waals surface area contributed by atoms with Gasteiger partial charge in [-0.2, -0.15) is 0 Å². The zero-order valence-electron chi connectivity index (χ0n) is 32.9. The number of amides is 1. The van der Waals surface area contributed by atoms with E-state index in [0.717, 1.165) is 25.4 Å². The van der Waals surface area contributed by atoms with Crippen LogP contribution in [-0.4, -0.2) is 159 Å². The van der Waals surface area contributed by atoms with Crippen LogP contribution in [0.25, 0.3) is 0 Å². The number of hydrogen-bond donors (Lipinski definition) is 1. The van der Waals surface area contributed by atoms with E-state index in [9.17, 15) is 19.5 Å². The highest BCUT2D eigenvalue weighted by atomic mass is 16.7. The number of ether oxygens (including phenoxy) is 4. The molecule has 0 aromatic heterocycles. The van der Waals surface area contributed by atoms with Gasteiger partial charge in [0.1, 0.15) is 18.1 Å². The number of hydrogen-bond acceptors (Lipinski definition) is 11. The third-order valence-corrected chi connectivity index (χ3v) is 11.9. The summed E-state index contributed by atoms with van der Waals surface area (Å²) < 4.78 is 25.0. The van der Waals surface area contributed by atoms with Gasteiger partial charge in [0.15, 0.2) is 12.1 Å². The Morgan fingerprint density at radius 2 is 1.72 bits per heavy atom. The van der Waals surface area contributed by atoms with E-state index in [2.05, 4.69) is 23.8 Å². The van der Waals surface area contributed by atoms with Gasteiger partial charge in [-0.05, 0) is 106 Å². The van der Waals surface area contributed by atoms with E-state index >= 15 is 0 Å². The Morgan fingerprint density at radius 3 is 2.32 bits per heavy atom. The summed E-state index contributed by atoms with van der Waals surface area (Å²) in [5, 5.41) is 11.4. The molecule has 3 saturated heterocycles. The number of methoxy groups -OCH3 is 1. The lowest BCUT2D eigenvalue weighted by Gasteiger charge is -2.47. The number of nitrogens with zero attached hydrogens (tertiary/aromatic N) is 4. The van der Waals surface area contributed by atoms with E-state index in [1.165, 1.54) is 12.8 Å². The van der Waals surface area contributed by atoms with E-state index in [1.54, 1.807) is 27.9 Å². The molecule has 1 aliphatic carbocycles. The van der Waals surface area contributed by atoms with E-state index in [4.69, 9.17) is 18.9 Å². The molecule has 0 spiro atoms. The molecule has 9 atom stereocenters. The van der Waals surface area contributed by atoms with Crippen molar-refractivity contribution in [3.63, 3.8) is 0 Å². The molecule has 0 aromatic carbocycles. The fourth-order valence-electron chi connectivity index (χ4n) is 8.51. The topological polar surface area (TPSA) is 121 Å². The van der Waals surface area contributed by atoms with Gasteiger partial charge in [0.05, 0.1) is 17.8 Å². The monoisotopic (exact) mass is 709 g/mol. The second-order valence-corrected chi connectivity index (χ2v) is 17.2. The van der Waals surface area contributed by atoms with Crippen molar-refractivity contribution in [2.45, 2.75) is 122 Å². The van der Waals surface area contributed by atoms with Crippen LogP contribution in [0.5, 0.6) is 0 Å². The molecule has 4 fully saturated rings. The molecule has 50 heavy (non-hydrogen) atoms. The summed E-state index contributed by atoms with van der Waals surface area (Å²) in [6.45, 7) is 15.2. The number of cyclic esters (lactones) is 1. The second kappa shape index (κ2) is 17.0. The molecule has 1 unspecified atom stereocenters. The van der Waals surface area contributed by atoms with Gasteiger partial charge in [-0.3, -0.25) is 19.3 Å². The van der Waals surface area contributed by atoms with Crippen molar-refractivity contribution in [1.82, 2.24) is 19.6 Å². The van der Waals surface area contributed by atoms with Crippen LogP contribution in [0.1, 0.15) is 80.1 Å². The van der Waals surface area contributed by atoms with Gasteiger partial charge in [-0.1, -0.05) is 13.8 Å². The lowest BCUT2D eigenvalue weighted by molar-refractivity contribution is -0.295. The highest BCUT2D eigenvalue weighted by Gasteiger charge is 2.52. The summed E-state index contributed by atoms with van der Waals surface area (Å²) in [6.07, 6.45) is 2.32. The van der Waals surface area contributed by atoms with Gasteiger partial charge in [0.25, 0.3) is 0 Å². The summed E-state index contributed by atoms with van der Waals surface area (Å²) in [7, 11) is 9.64. The van der Waals surface area contributed by atoms with Crippen LogP contribution in [0.3, 0.4) is 0 Å². The minimum Gasteiger partial charge on any atom is -0.463 e. The van der Waals surface area contributed by atoms with Gasteiger partial charge in [0, 0.05) is 63.6 Å². The van der Waals surface area contributed by atoms with E-state index in [1.807, 2.05) is 44.8 Å². The Bertz CT molecular complexity index is 1160. The molecule has 0 aromatic rings. The minimum atomic E-state index is -1.46. The Balaban J connectivity index is 1.49. The first-order valence-electron chi connectivity index (χ1n) is 19.0. The third-order valence-electron chi connectivity index (χ3n) is 11.9. The minimum absolute atomic E-state index is 0.0985. The summed E-state index contributed by atoms with van der Waals surface area (Å²) in [5.74, 6) is -0.429. The Morgan fingerprint density at radius 1 is 1.06 bits per heavy atom. The Kier molecular flexibility index (Phi) is 14.0. The zero-order valence-corrected chi connectivity index (χ0v) is 32.9. The number of aliphatic hydroxyl groups is 1. The molecule has 3 heterocycles. The molecule has 12 nitrogen and oxygen atoms in total. The number of esters is 1. The SMILES string of the molecule is CO[C@]1(C)C[C@@H](C)CN(C)[C@H](C2CN(C(=O)CCCN(C)CC3CC3)C2)COC(=O)C(C)(C)C(=O)[C@H](C)[C@H]1OC1O[C@H](C)C[C@H](N(C)C)[C@H]1O. The standard InChI is InChI=1S/C38H68N4O8/c1-24-18-38(6,47-11)34(50-35-32(44)29(39(7)8)17-25(2)49-35)26(3)33(45)37(4,5)36(46)48-23-30(41(10)19-24)28-21-42(22-28)31(43)13-12-16-40(9)20-27-14-15-27/h24-30,32,34-35,44H,12-23H2,1-11H3/t24-,25-,26+,29+,30+,32-,34-,35?,38-/m1/s1. The van der Waals surface area contributed by atoms with Crippen molar-refractivity contribution in [2.24, 2.45) is 29.1 Å². The van der Waals surface area contributed by atoms with Crippen LogP contribution in [-0.2, 0) is 33.3 Å². The molecular formula is C38H68N4O8. The van der Waals surface area contributed by atoms with Gasteiger partial charge in [-0.15, -0.1) is 0 Å². The average Bonchev–Trinajstić information content (AvgIpc) is 3.84. The Labute approximate surface area is 301 Å². The highest BCUT2D eigenvalue weighted by Crippen LogP contribution is 2.39. The molecule has 4 rings (SSSR count). The Hall–Kier alpha value is -1.67. The fraction of sp³-hybridized carbons (Fsp3) is 0.921. The first-order chi connectivity index (χ1) is 23.4. The van der Waals surface area contributed by atoms with Crippen LogP contribution < -0.4 is 0 Å². The molecule has 1 saturated carbocycles. The van der Waals surface area contributed by atoms with Gasteiger partial charge >= 0.3 is 5.97 Å². The average molecular weight is 709 g/mol. The molecule has 12 heteroatoms. The number of likely N-dealkylation sites (N-methyl/N-ethyl adjacent to an activating group) is 2. The lowest BCUT2D eigenvalue weighted by atomic mass is 9.74. The first kappa shape index (κ1) is 41.1. The fourth-order valence-corrected chi connectivity index (χ4v) is 8.51. The molecule has 0 radical (unpaired) electrons. The predicted molar refractivity (Wildman–Crippen MR) is 191 cm³/mol. The summed E-state index contributed by atoms with van der Waals surface area (Å²) >= 11 is 0. The first-order valence-corrected chi connectivity index (χ1v) is 19.0. The molecule has 288 valence electrons. The second-order valence-electron chi connectivity index (χ2n) is 17.2. The summed E-state index contributed by atoms with van der Waals surface area (Å²) in [6, 6.07) is -0.305. The third kappa shape index (κ3) is 9.85. The number of likely N-dealkylation sites (tertiary alicyclic amines) is 1. The van der Waals surface area contributed by atoms with Crippen molar-refractivity contribution in [3.05, 3.63) is 0 Å². The summed E-state index contributed by atoms with van der Waals surface area (Å²) in [4.78, 5) is 49.5. The van der Waals surface area contributed by atoms with Crippen molar-refractivity contribution in [1.29, 1.82) is 0 Å². The smallest absolute Gasteiger partial charge is 0.319 e. The van der Waals surface area contributed by atoms with Crippen LogP contribution in [0.15, 0.2) is 0 Å². The van der Waals surface area contributed by atoms with Gasteiger partial charge in [-0.25, -0.2) is 0 Å². The van der Waals surface area contributed by atoms with Crippen molar-refractivity contribution >= 4 is 17.7 Å². The maximum absolute atomic E-state index is 14.3. The molecule has 4 aliphatic rings. The maximum atomic E-state index is 14.3. The molecule has 1 amide bonds. The largest absolute Gasteiger partial charge is 0.463 e. The number of carbonyl (C=O) groups excluding carboxylic acids is 3. The molecule has 0 bridgehead atoms. The number of carbonyl (C=O) groups is 3. The van der Waals surface area contributed by atoms with Crippen LogP contribution in [0, 0.1) is 29.1 Å². The number of Topliss-reactive ketones (excluding diaryl/α,β-unsaturated/α-hetero) is 1. The van der Waals surface area contributed by atoms with Crippen LogP contribution in [0.4, 0.5) is 0 Å². The number of aliphatic hydroxyl groups excluding tert-OH is 1. The van der Waals surface area contributed by atoms with E-state index in [-0.39, 0.29) is 48.3 Å². The van der Waals surface area contributed by atoms with E-state index in [0.29, 0.717) is 38.9 Å². The van der Waals surface area contributed by atoms with Gasteiger partial charge in [0.2, 0.25) is 5.91 Å². The highest BCUT2D eigenvalue weighted by molar-refractivity contribution is 6.04. The maximum Gasteiger partial charge on any atom is 0.319 e. The lowest BCUT2D eigenvalue weighted by Crippen LogP contribution is -2.60. The van der Waals surface area contributed by atoms with Crippen molar-refractivity contribution in [3.8, 4) is 0 Å².